The minimum atomic E-state index is -3.85. The third-order valence-corrected chi connectivity index (χ3v) is 8.51. The number of hydrogen-bond donors (Lipinski definition) is 1. The van der Waals surface area contributed by atoms with Crippen molar-refractivity contribution in [3.05, 3.63) is 59.1 Å². The predicted octanol–water partition coefficient (Wildman–Crippen LogP) is 4.44. The number of benzene rings is 2. The van der Waals surface area contributed by atoms with Crippen molar-refractivity contribution < 1.29 is 13.2 Å². The zero-order valence-corrected chi connectivity index (χ0v) is 19.3. The van der Waals surface area contributed by atoms with E-state index in [0.717, 1.165) is 14.5 Å². The molecule has 1 aliphatic carbocycles. The van der Waals surface area contributed by atoms with Crippen LogP contribution >= 0.6 is 27.7 Å². The van der Waals surface area contributed by atoms with E-state index in [1.807, 2.05) is 11.8 Å². The third-order valence-electron chi connectivity index (χ3n) is 4.81. The van der Waals surface area contributed by atoms with Crippen LogP contribution in [0, 0.1) is 0 Å². The van der Waals surface area contributed by atoms with Gasteiger partial charge in [0.1, 0.15) is 6.54 Å². The molecule has 3 rings (SSSR count). The number of amides is 1. The largest absolute Gasteiger partial charge is 0.354 e. The molecule has 29 heavy (non-hydrogen) atoms. The lowest BCUT2D eigenvalue weighted by molar-refractivity contribution is -0.119. The van der Waals surface area contributed by atoms with Gasteiger partial charge in [0.2, 0.25) is 5.91 Å². The summed E-state index contributed by atoms with van der Waals surface area (Å²) >= 11 is 5.25. The van der Waals surface area contributed by atoms with E-state index in [-0.39, 0.29) is 17.3 Å². The smallest absolute Gasteiger partial charge is 0.264 e. The molecule has 0 bridgehead atoms. The van der Waals surface area contributed by atoms with Crippen molar-refractivity contribution in [2.75, 3.05) is 23.1 Å². The molecule has 0 atom stereocenters. The minimum absolute atomic E-state index is 0.160. The highest BCUT2D eigenvalue weighted by atomic mass is 79.9. The van der Waals surface area contributed by atoms with Crippen LogP contribution in [0.15, 0.2) is 64.0 Å². The van der Waals surface area contributed by atoms with Crippen LogP contribution in [0.4, 0.5) is 5.69 Å². The fraction of sp³-hybridized carbons (Fsp3) is 0.381. The Labute approximate surface area is 185 Å². The first-order valence-electron chi connectivity index (χ1n) is 9.68. The maximum atomic E-state index is 13.2. The fourth-order valence-corrected chi connectivity index (χ4v) is 6.23. The number of thioether (sulfide) groups is 1. The van der Waals surface area contributed by atoms with Crippen LogP contribution < -0.4 is 9.62 Å². The molecule has 1 fully saturated rings. The maximum Gasteiger partial charge on any atom is 0.264 e. The van der Waals surface area contributed by atoms with Gasteiger partial charge in [0.25, 0.3) is 10.0 Å². The van der Waals surface area contributed by atoms with Crippen molar-refractivity contribution in [3.63, 3.8) is 0 Å². The number of hydrogen-bond acceptors (Lipinski definition) is 4. The maximum absolute atomic E-state index is 13.2. The van der Waals surface area contributed by atoms with E-state index in [1.54, 1.807) is 42.5 Å². The summed E-state index contributed by atoms with van der Waals surface area (Å²) in [6, 6.07) is 15.1. The molecule has 156 valence electrons. The molecule has 1 saturated carbocycles. The molecule has 0 aromatic heterocycles. The average Bonchev–Trinajstić information content (AvgIpc) is 3.24. The van der Waals surface area contributed by atoms with E-state index in [1.165, 1.54) is 37.8 Å². The molecule has 1 aliphatic rings. The van der Waals surface area contributed by atoms with Crippen molar-refractivity contribution in [2.24, 2.45) is 0 Å². The van der Waals surface area contributed by atoms with Gasteiger partial charge in [0, 0.05) is 22.0 Å². The molecule has 0 saturated heterocycles. The monoisotopic (exact) mass is 496 g/mol. The number of carbonyl (C=O) groups excluding carboxylic acids is 1. The van der Waals surface area contributed by atoms with Gasteiger partial charge in [-0.15, -0.1) is 0 Å². The number of carbonyl (C=O) groups is 1. The standard InChI is InChI=1S/C21H25BrN2O3S2/c22-17-10-12-18(13-11-17)24(29(26,27)20-8-2-1-3-9-20)16-21(25)23-14-15-28-19-6-4-5-7-19/h1-3,8-13,19H,4-7,14-16H2,(H,23,25). The summed E-state index contributed by atoms with van der Waals surface area (Å²) in [6.45, 7) is 0.284. The fourth-order valence-electron chi connectivity index (χ4n) is 3.30. The zero-order valence-electron chi connectivity index (χ0n) is 16.1. The molecule has 1 N–H and O–H groups in total. The first kappa shape index (κ1) is 22.2. The van der Waals surface area contributed by atoms with Crippen molar-refractivity contribution in [2.45, 2.75) is 35.8 Å². The lowest BCUT2D eigenvalue weighted by atomic mass is 10.3. The number of halogens is 1. The van der Waals surface area contributed by atoms with Crippen LogP contribution in [0.5, 0.6) is 0 Å². The van der Waals surface area contributed by atoms with Crippen LogP contribution in [-0.2, 0) is 14.8 Å². The molecule has 0 aliphatic heterocycles. The summed E-state index contributed by atoms with van der Waals surface area (Å²) in [5, 5.41) is 3.57. The summed E-state index contributed by atoms with van der Waals surface area (Å²) in [5.41, 5.74) is 0.451. The Bertz CT molecular complexity index is 899. The van der Waals surface area contributed by atoms with Crippen LogP contribution in [0.2, 0.25) is 0 Å². The molecular formula is C21H25BrN2O3S2. The Morgan fingerprint density at radius 1 is 1.07 bits per heavy atom. The molecule has 1 amide bonds. The highest BCUT2D eigenvalue weighted by Crippen LogP contribution is 2.29. The van der Waals surface area contributed by atoms with Gasteiger partial charge in [-0.3, -0.25) is 9.10 Å². The zero-order chi connectivity index (χ0) is 20.7. The normalized spacial score (nSPS) is 14.7. The molecule has 2 aromatic rings. The van der Waals surface area contributed by atoms with Crippen LogP contribution in [-0.4, -0.2) is 38.4 Å². The molecule has 0 unspecified atom stereocenters. The van der Waals surface area contributed by atoms with Crippen molar-refractivity contribution in [1.82, 2.24) is 5.32 Å². The Balaban J connectivity index is 1.68. The van der Waals surface area contributed by atoms with Gasteiger partial charge >= 0.3 is 0 Å². The Kier molecular flexibility index (Phi) is 8.03. The van der Waals surface area contributed by atoms with Gasteiger partial charge in [0.05, 0.1) is 10.6 Å². The predicted molar refractivity (Wildman–Crippen MR) is 123 cm³/mol. The second-order valence-corrected chi connectivity index (χ2v) is 11.1. The topological polar surface area (TPSA) is 66.5 Å². The van der Waals surface area contributed by atoms with E-state index < -0.39 is 10.0 Å². The van der Waals surface area contributed by atoms with Crippen LogP contribution in [0.3, 0.4) is 0 Å². The van der Waals surface area contributed by atoms with Crippen LogP contribution in [0.1, 0.15) is 25.7 Å². The molecular weight excluding hydrogens is 472 g/mol. The highest BCUT2D eigenvalue weighted by molar-refractivity contribution is 9.10. The number of nitrogens with one attached hydrogen (secondary N) is 1. The third kappa shape index (κ3) is 6.23. The van der Waals surface area contributed by atoms with Gasteiger partial charge < -0.3 is 5.32 Å². The number of anilines is 1. The van der Waals surface area contributed by atoms with Gasteiger partial charge in [-0.25, -0.2) is 8.42 Å². The van der Waals surface area contributed by atoms with Gasteiger partial charge in [-0.1, -0.05) is 47.0 Å². The highest BCUT2D eigenvalue weighted by Gasteiger charge is 2.27. The summed E-state index contributed by atoms with van der Waals surface area (Å²) in [5.74, 6) is 0.541. The van der Waals surface area contributed by atoms with Gasteiger partial charge in [-0.2, -0.15) is 11.8 Å². The van der Waals surface area contributed by atoms with E-state index in [4.69, 9.17) is 0 Å². The summed E-state index contributed by atoms with van der Waals surface area (Å²) in [7, 11) is -3.85. The van der Waals surface area contributed by atoms with E-state index >= 15 is 0 Å². The first-order chi connectivity index (χ1) is 14.0. The summed E-state index contributed by atoms with van der Waals surface area (Å²) in [6.07, 6.45) is 5.10. The van der Waals surface area contributed by atoms with Crippen molar-refractivity contribution in [1.29, 1.82) is 0 Å². The average molecular weight is 497 g/mol. The van der Waals surface area contributed by atoms with Crippen molar-refractivity contribution in [3.8, 4) is 0 Å². The molecule has 2 aromatic carbocycles. The molecule has 0 spiro atoms. The quantitative estimate of drug-likeness (QED) is 0.521. The van der Waals surface area contributed by atoms with E-state index in [9.17, 15) is 13.2 Å². The Hall–Kier alpha value is -1.51. The second-order valence-electron chi connectivity index (χ2n) is 6.93. The first-order valence-corrected chi connectivity index (χ1v) is 13.0. The lowest BCUT2D eigenvalue weighted by Crippen LogP contribution is -2.41. The van der Waals surface area contributed by atoms with E-state index in [2.05, 4.69) is 21.2 Å². The molecule has 0 heterocycles. The van der Waals surface area contributed by atoms with Gasteiger partial charge in [0.15, 0.2) is 0 Å². The molecule has 0 radical (unpaired) electrons. The Morgan fingerprint density at radius 2 is 1.72 bits per heavy atom. The number of rotatable bonds is 9. The van der Waals surface area contributed by atoms with Crippen LogP contribution in [0.25, 0.3) is 0 Å². The van der Waals surface area contributed by atoms with Gasteiger partial charge in [-0.05, 0) is 49.2 Å². The minimum Gasteiger partial charge on any atom is -0.354 e. The number of sulfonamides is 1. The number of nitrogens with zero attached hydrogens (tertiary/aromatic N) is 1. The lowest BCUT2D eigenvalue weighted by Gasteiger charge is -2.24. The SMILES string of the molecule is O=C(CN(c1ccc(Br)cc1)S(=O)(=O)c1ccccc1)NCCSC1CCCC1. The molecule has 8 heteroatoms. The Morgan fingerprint density at radius 3 is 2.38 bits per heavy atom. The summed E-state index contributed by atoms with van der Waals surface area (Å²) in [4.78, 5) is 12.7. The summed E-state index contributed by atoms with van der Waals surface area (Å²) < 4.78 is 28.4. The molecule has 5 nitrogen and oxygen atoms in total. The second kappa shape index (κ2) is 10.5. The van der Waals surface area contributed by atoms with E-state index in [0.29, 0.717) is 17.5 Å². The van der Waals surface area contributed by atoms with Crippen molar-refractivity contribution >= 4 is 49.3 Å².